The molecule has 1 amide bonds. The molecular weight excluding hydrogens is 354 g/mol. The third-order valence-corrected chi connectivity index (χ3v) is 5.05. The number of rotatable bonds is 5. The molecule has 8 heteroatoms. The predicted molar refractivity (Wildman–Crippen MR) is 109 cm³/mol. The van der Waals surface area contributed by atoms with Gasteiger partial charge in [0.2, 0.25) is 5.95 Å². The van der Waals surface area contributed by atoms with Gasteiger partial charge in [-0.05, 0) is 37.1 Å². The number of hydrogen-bond donors (Lipinski definition) is 4. The zero-order valence-corrected chi connectivity index (χ0v) is 15.4. The van der Waals surface area contributed by atoms with Crippen molar-refractivity contribution in [3.05, 3.63) is 48.3 Å². The Balaban J connectivity index is 1.62. The fraction of sp³-hybridized carbons (Fsp3) is 0.300. The minimum Gasteiger partial charge on any atom is -0.365 e. The lowest BCUT2D eigenvalue weighted by Crippen LogP contribution is -2.43. The summed E-state index contributed by atoms with van der Waals surface area (Å²) in [6, 6.07) is 9.76. The minimum absolute atomic E-state index is 0.0672. The zero-order valence-electron chi connectivity index (χ0n) is 15.4. The zero-order chi connectivity index (χ0) is 19.5. The number of anilines is 3. The van der Waals surface area contributed by atoms with Crippen molar-refractivity contribution < 1.29 is 4.79 Å². The van der Waals surface area contributed by atoms with E-state index in [4.69, 9.17) is 11.5 Å². The van der Waals surface area contributed by atoms with E-state index in [1.807, 2.05) is 30.3 Å². The minimum atomic E-state index is -0.592. The van der Waals surface area contributed by atoms with Crippen LogP contribution in [0.1, 0.15) is 36.0 Å². The maximum atomic E-state index is 11.8. The second-order valence-electron chi connectivity index (χ2n) is 7.06. The van der Waals surface area contributed by atoms with Gasteiger partial charge in [0.05, 0.1) is 5.52 Å². The molecule has 0 saturated heterocycles. The van der Waals surface area contributed by atoms with Gasteiger partial charge < -0.3 is 22.1 Å². The third kappa shape index (κ3) is 3.86. The van der Waals surface area contributed by atoms with Crippen LogP contribution in [-0.2, 0) is 0 Å². The Bertz CT molecular complexity index is 1010. The SMILES string of the molecule is NC(=O)c1cnc(N[C@@H]2CCCCC2N)nc1Nc1ccc2ncccc2c1. The average molecular weight is 377 g/mol. The molecule has 3 aromatic rings. The number of primary amides is 1. The molecule has 28 heavy (non-hydrogen) atoms. The molecule has 1 aliphatic carbocycles. The number of carbonyl (C=O) groups excluding carboxylic acids is 1. The first kappa shape index (κ1) is 18.1. The fourth-order valence-electron chi connectivity index (χ4n) is 3.52. The summed E-state index contributed by atoms with van der Waals surface area (Å²) >= 11 is 0. The molecule has 4 rings (SSSR count). The number of nitrogens with one attached hydrogen (secondary N) is 2. The van der Waals surface area contributed by atoms with Crippen molar-refractivity contribution in [1.29, 1.82) is 0 Å². The van der Waals surface area contributed by atoms with E-state index in [1.165, 1.54) is 6.20 Å². The van der Waals surface area contributed by atoms with Gasteiger partial charge in [0.15, 0.2) is 0 Å². The van der Waals surface area contributed by atoms with Gasteiger partial charge in [0.1, 0.15) is 11.4 Å². The van der Waals surface area contributed by atoms with E-state index >= 15 is 0 Å². The van der Waals surface area contributed by atoms with Crippen LogP contribution in [0.25, 0.3) is 10.9 Å². The Labute approximate surface area is 162 Å². The summed E-state index contributed by atoms with van der Waals surface area (Å²) in [5.74, 6) is 0.195. The van der Waals surface area contributed by atoms with E-state index in [1.54, 1.807) is 6.20 Å². The molecule has 1 unspecified atom stereocenters. The molecule has 0 radical (unpaired) electrons. The predicted octanol–water partition coefficient (Wildman–Crippen LogP) is 2.55. The first-order chi connectivity index (χ1) is 13.6. The Kier molecular flexibility index (Phi) is 5.03. The van der Waals surface area contributed by atoms with Crippen LogP contribution in [-0.4, -0.2) is 32.9 Å². The van der Waals surface area contributed by atoms with Crippen molar-refractivity contribution in [2.45, 2.75) is 37.8 Å². The van der Waals surface area contributed by atoms with Crippen LogP contribution < -0.4 is 22.1 Å². The van der Waals surface area contributed by atoms with Crippen molar-refractivity contribution in [1.82, 2.24) is 15.0 Å². The van der Waals surface area contributed by atoms with Crippen molar-refractivity contribution >= 4 is 34.3 Å². The van der Waals surface area contributed by atoms with Gasteiger partial charge in [0.25, 0.3) is 5.91 Å². The highest BCUT2D eigenvalue weighted by molar-refractivity contribution is 5.98. The smallest absolute Gasteiger partial charge is 0.254 e. The van der Waals surface area contributed by atoms with E-state index in [2.05, 4.69) is 25.6 Å². The normalized spacial score (nSPS) is 19.3. The highest BCUT2D eigenvalue weighted by Gasteiger charge is 2.23. The quantitative estimate of drug-likeness (QED) is 0.537. The summed E-state index contributed by atoms with van der Waals surface area (Å²) in [5.41, 5.74) is 13.6. The number of pyridine rings is 1. The third-order valence-electron chi connectivity index (χ3n) is 5.05. The van der Waals surface area contributed by atoms with Crippen LogP contribution in [0, 0.1) is 0 Å². The number of hydrogen-bond acceptors (Lipinski definition) is 7. The highest BCUT2D eigenvalue weighted by Crippen LogP contribution is 2.24. The molecule has 8 nitrogen and oxygen atoms in total. The van der Waals surface area contributed by atoms with E-state index in [0.29, 0.717) is 11.8 Å². The Morgan fingerprint density at radius 2 is 2.00 bits per heavy atom. The van der Waals surface area contributed by atoms with Crippen molar-refractivity contribution in [2.75, 3.05) is 10.6 Å². The Morgan fingerprint density at radius 1 is 1.14 bits per heavy atom. The summed E-state index contributed by atoms with van der Waals surface area (Å²) in [7, 11) is 0. The standard InChI is InChI=1S/C20H23N7O/c21-15-5-1-2-6-17(15)26-20-24-11-14(18(22)28)19(27-20)25-13-7-8-16-12(10-13)4-3-9-23-16/h3-4,7-11,15,17H,1-2,5-6,21H2,(H2,22,28)(H2,24,25,26,27)/t15?,17-/m1/s1. The fourth-order valence-corrected chi connectivity index (χ4v) is 3.52. The lowest BCUT2D eigenvalue weighted by Gasteiger charge is -2.29. The van der Waals surface area contributed by atoms with Crippen molar-refractivity contribution in [3.63, 3.8) is 0 Å². The second kappa shape index (κ2) is 7.77. The number of nitrogens with two attached hydrogens (primary N) is 2. The lowest BCUT2D eigenvalue weighted by molar-refractivity contribution is 0.100. The molecule has 2 heterocycles. The topological polar surface area (TPSA) is 132 Å². The van der Waals surface area contributed by atoms with E-state index in [0.717, 1.165) is 42.3 Å². The Morgan fingerprint density at radius 3 is 2.82 bits per heavy atom. The number of benzene rings is 1. The van der Waals surface area contributed by atoms with E-state index in [-0.39, 0.29) is 17.6 Å². The molecule has 0 spiro atoms. The molecule has 0 bridgehead atoms. The average Bonchev–Trinajstić information content (AvgIpc) is 2.70. The molecule has 1 saturated carbocycles. The molecular formula is C20H23N7O. The van der Waals surface area contributed by atoms with Crippen LogP contribution in [0.15, 0.2) is 42.7 Å². The molecule has 1 fully saturated rings. The largest absolute Gasteiger partial charge is 0.365 e. The van der Waals surface area contributed by atoms with Crippen LogP contribution >= 0.6 is 0 Å². The second-order valence-corrected chi connectivity index (χ2v) is 7.06. The molecule has 2 aromatic heterocycles. The first-order valence-electron chi connectivity index (χ1n) is 9.41. The first-order valence-corrected chi connectivity index (χ1v) is 9.41. The summed E-state index contributed by atoms with van der Waals surface area (Å²) < 4.78 is 0. The van der Waals surface area contributed by atoms with Gasteiger partial charge in [-0.2, -0.15) is 4.98 Å². The maximum Gasteiger partial charge on any atom is 0.254 e. The van der Waals surface area contributed by atoms with E-state index < -0.39 is 5.91 Å². The number of aromatic nitrogens is 3. The van der Waals surface area contributed by atoms with Crippen molar-refractivity contribution in [3.8, 4) is 0 Å². The van der Waals surface area contributed by atoms with E-state index in [9.17, 15) is 4.79 Å². The van der Waals surface area contributed by atoms with Crippen LogP contribution in [0.3, 0.4) is 0 Å². The number of fused-ring (bicyclic) bond motifs is 1. The van der Waals surface area contributed by atoms with Crippen molar-refractivity contribution in [2.24, 2.45) is 11.5 Å². The van der Waals surface area contributed by atoms with Gasteiger partial charge in [-0.3, -0.25) is 9.78 Å². The molecule has 0 aliphatic heterocycles. The molecule has 6 N–H and O–H groups in total. The Hall–Kier alpha value is -3.26. The molecule has 2 atom stereocenters. The van der Waals surface area contributed by atoms with Gasteiger partial charge in [-0.25, -0.2) is 4.98 Å². The summed E-state index contributed by atoms with van der Waals surface area (Å²) in [5, 5.41) is 7.47. The lowest BCUT2D eigenvalue weighted by atomic mass is 9.91. The van der Waals surface area contributed by atoms with Crippen LogP contribution in [0.2, 0.25) is 0 Å². The summed E-state index contributed by atoms with van der Waals surface area (Å²) in [6.07, 6.45) is 7.41. The summed E-state index contributed by atoms with van der Waals surface area (Å²) in [4.78, 5) is 24.9. The molecule has 144 valence electrons. The van der Waals surface area contributed by atoms with Gasteiger partial charge in [-0.1, -0.05) is 18.9 Å². The number of amides is 1. The van der Waals surface area contributed by atoms with Gasteiger partial charge in [0, 0.05) is 35.6 Å². The number of nitrogens with zero attached hydrogens (tertiary/aromatic N) is 3. The molecule has 1 aliphatic rings. The maximum absolute atomic E-state index is 11.8. The monoisotopic (exact) mass is 377 g/mol. The van der Waals surface area contributed by atoms with Crippen LogP contribution in [0.5, 0.6) is 0 Å². The summed E-state index contributed by atoms with van der Waals surface area (Å²) in [6.45, 7) is 0. The van der Waals surface area contributed by atoms with Crippen LogP contribution in [0.4, 0.5) is 17.5 Å². The number of carbonyl (C=O) groups is 1. The molecule has 1 aromatic carbocycles. The van der Waals surface area contributed by atoms with Gasteiger partial charge >= 0.3 is 0 Å². The van der Waals surface area contributed by atoms with Gasteiger partial charge in [-0.15, -0.1) is 0 Å². The highest BCUT2D eigenvalue weighted by atomic mass is 16.1.